The molecular formula is C25H17N3O3S. The fraction of sp³-hybridized carbons (Fsp3) is 0. The standard InChI is InChI=1S/C25H17N3O3S/c26-14-19(24(31)28-25-27-20(15-32-25)16-7-3-1-4-8-16)23(17-9-5-2-6-10-17)18-11-12-21(29)22(30)13-18/h1-13,15,29-30H,(H,27,28,31)/b23-19-. The number of amides is 1. The summed E-state index contributed by atoms with van der Waals surface area (Å²) in [7, 11) is 0. The highest BCUT2D eigenvalue weighted by Crippen LogP contribution is 2.34. The van der Waals surface area contributed by atoms with Crippen LogP contribution in [0, 0.1) is 11.3 Å². The minimum absolute atomic E-state index is 0.141. The Hall–Kier alpha value is -4.41. The van der Waals surface area contributed by atoms with Crippen molar-refractivity contribution in [1.82, 2.24) is 4.98 Å². The Morgan fingerprint density at radius 3 is 2.25 bits per heavy atom. The van der Waals surface area contributed by atoms with Gasteiger partial charge in [0, 0.05) is 16.5 Å². The number of benzene rings is 3. The van der Waals surface area contributed by atoms with Gasteiger partial charge >= 0.3 is 0 Å². The van der Waals surface area contributed by atoms with E-state index in [1.807, 2.05) is 47.8 Å². The fourth-order valence-electron chi connectivity index (χ4n) is 3.19. The summed E-state index contributed by atoms with van der Waals surface area (Å²) in [6.07, 6.45) is 0. The topological polar surface area (TPSA) is 106 Å². The molecule has 0 bridgehead atoms. The predicted molar refractivity (Wildman–Crippen MR) is 124 cm³/mol. The first-order valence-corrected chi connectivity index (χ1v) is 10.5. The van der Waals surface area contributed by atoms with Gasteiger partial charge in [-0.25, -0.2) is 4.98 Å². The number of phenolic OH excluding ortho intramolecular Hbond substituents is 2. The van der Waals surface area contributed by atoms with Crippen LogP contribution < -0.4 is 5.32 Å². The number of nitriles is 1. The lowest BCUT2D eigenvalue weighted by Crippen LogP contribution is -2.15. The average Bonchev–Trinajstić information content (AvgIpc) is 3.29. The number of phenols is 2. The summed E-state index contributed by atoms with van der Waals surface area (Å²) in [5.74, 6) is -1.26. The molecule has 3 aromatic carbocycles. The van der Waals surface area contributed by atoms with Crippen molar-refractivity contribution in [2.75, 3.05) is 5.32 Å². The molecule has 6 nitrogen and oxygen atoms in total. The van der Waals surface area contributed by atoms with Gasteiger partial charge in [0.05, 0.1) is 5.69 Å². The third-order valence-electron chi connectivity index (χ3n) is 4.71. The largest absolute Gasteiger partial charge is 0.504 e. The molecule has 0 radical (unpaired) electrons. The Bertz CT molecular complexity index is 1340. The maximum atomic E-state index is 13.1. The number of hydrogen-bond acceptors (Lipinski definition) is 6. The summed E-state index contributed by atoms with van der Waals surface area (Å²) in [5.41, 5.74) is 2.87. The molecule has 0 spiro atoms. The van der Waals surface area contributed by atoms with Crippen LogP contribution >= 0.6 is 11.3 Å². The van der Waals surface area contributed by atoms with Crippen LogP contribution in [0.2, 0.25) is 0 Å². The predicted octanol–water partition coefficient (Wildman–Crippen LogP) is 5.19. The number of nitrogens with zero attached hydrogens (tertiary/aromatic N) is 2. The van der Waals surface area contributed by atoms with Crippen molar-refractivity contribution in [3.8, 4) is 28.8 Å². The second-order valence-corrected chi connectivity index (χ2v) is 7.65. The van der Waals surface area contributed by atoms with Gasteiger partial charge in [-0.15, -0.1) is 11.3 Å². The third-order valence-corrected chi connectivity index (χ3v) is 5.47. The zero-order chi connectivity index (χ0) is 22.5. The van der Waals surface area contributed by atoms with Crippen molar-refractivity contribution in [3.05, 3.63) is 101 Å². The van der Waals surface area contributed by atoms with E-state index in [1.54, 1.807) is 30.3 Å². The minimum Gasteiger partial charge on any atom is -0.504 e. The van der Waals surface area contributed by atoms with Crippen LogP contribution in [0.15, 0.2) is 89.8 Å². The zero-order valence-electron chi connectivity index (χ0n) is 16.7. The number of nitrogens with one attached hydrogen (secondary N) is 1. The normalized spacial score (nSPS) is 11.3. The van der Waals surface area contributed by atoms with E-state index in [0.29, 0.717) is 21.8 Å². The van der Waals surface area contributed by atoms with Gasteiger partial charge in [-0.1, -0.05) is 66.7 Å². The molecule has 0 aliphatic rings. The highest BCUT2D eigenvalue weighted by atomic mass is 32.1. The second kappa shape index (κ2) is 9.16. The molecule has 0 saturated carbocycles. The quantitative estimate of drug-likeness (QED) is 0.226. The number of aromatic hydroxyl groups is 2. The molecule has 3 N–H and O–H groups in total. The number of anilines is 1. The molecule has 1 amide bonds. The summed E-state index contributed by atoms with van der Waals surface area (Å²) in [4.78, 5) is 17.5. The lowest BCUT2D eigenvalue weighted by Gasteiger charge is -2.12. The van der Waals surface area contributed by atoms with E-state index in [4.69, 9.17) is 0 Å². The number of rotatable bonds is 5. The molecule has 0 saturated heterocycles. The van der Waals surface area contributed by atoms with E-state index in [9.17, 15) is 20.3 Å². The molecule has 7 heteroatoms. The molecule has 1 heterocycles. The highest BCUT2D eigenvalue weighted by molar-refractivity contribution is 7.14. The number of carbonyl (C=O) groups is 1. The number of hydrogen-bond donors (Lipinski definition) is 3. The smallest absolute Gasteiger partial charge is 0.268 e. The molecule has 1 aromatic heterocycles. The van der Waals surface area contributed by atoms with Crippen molar-refractivity contribution in [2.24, 2.45) is 0 Å². The first kappa shape index (κ1) is 20.8. The van der Waals surface area contributed by atoms with Gasteiger partial charge in [0.25, 0.3) is 5.91 Å². The lowest BCUT2D eigenvalue weighted by molar-refractivity contribution is -0.112. The van der Waals surface area contributed by atoms with Crippen molar-refractivity contribution >= 4 is 27.9 Å². The van der Waals surface area contributed by atoms with Crippen molar-refractivity contribution in [3.63, 3.8) is 0 Å². The van der Waals surface area contributed by atoms with Gasteiger partial charge in [0.2, 0.25) is 0 Å². The molecule has 0 fully saturated rings. The minimum atomic E-state index is -0.618. The van der Waals surface area contributed by atoms with Crippen LogP contribution in [0.1, 0.15) is 11.1 Å². The summed E-state index contributed by atoms with van der Waals surface area (Å²) in [5, 5.41) is 34.4. The Kier molecular flexibility index (Phi) is 5.97. The van der Waals surface area contributed by atoms with E-state index in [0.717, 1.165) is 11.3 Å². The van der Waals surface area contributed by atoms with Gasteiger partial charge in [-0.05, 0) is 23.3 Å². The van der Waals surface area contributed by atoms with E-state index in [-0.39, 0.29) is 17.1 Å². The highest BCUT2D eigenvalue weighted by Gasteiger charge is 2.21. The molecule has 0 aliphatic carbocycles. The van der Waals surface area contributed by atoms with Crippen LogP contribution in [-0.4, -0.2) is 21.1 Å². The summed E-state index contributed by atoms with van der Waals surface area (Å²) < 4.78 is 0. The zero-order valence-corrected chi connectivity index (χ0v) is 17.5. The summed E-state index contributed by atoms with van der Waals surface area (Å²) in [6.45, 7) is 0. The van der Waals surface area contributed by atoms with Crippen LogP contribution in [-0.2, 0) is 4.79 Å². The van der Waals surface area contributed by atoms with Gasteiger partial charge in [-0.3, -0.25) is 10.1 Å². The van der Waals surface area contributed by atoms with E-state index >= 15 is 0 Å². The SMILES string of the molecule is N#C/C(C(=O)Nc1nc(-c2ccccc2)cs1)=C(\c1ccccc1)c1ccc(O)c(O)c1. The monoisotopic (exact) mass is 439 g/mol. The van der Waals surface area contributed by atoms with Crippen molar-refractivity contribution < 1.29 is 15.0 Å². The van der Waals surface area contributed by atoms with Crippen molar-refractivity contribution in [1.29, 1.82) is 5.26 Å². The van der Waals surface area contributed by atoms with Crippen molar-refractivity contribution in [2.45, 2.75) is 0 Å². The molecular weight excluding hydrogens is 422 g/mol. The number of carbonyl (C=O) groups excluding carboxylic acids is 1. The van der Waals surface area contributed by atoms with Gasteiger partial charge in [0.1, 0.15) is 11.6 Å². The first-order valence-electron chi connectivity index (χ1n) is 9.61. The molecule has 0 unspecified atom stereocenters. The maximum absolute atomic E-state index is 13.1. The molecule has 0 atom stereocenters. The van der Waals surface area contributed by atoms with Gasteiger partial charge < -0.3 is 10.2 Å². The Morgan fingerprint density at radius 1 is 0.906 bits per heavy atom. The van der Waals surface area contributed by atoms with E-state index < -0.39 is 5.91 Å². The molecule has 32 heavy (non-hydrogen) atoms. The van der Waals surface area contributed by atoms with Gasteiger partial charge in [-0.2, -0.15) is 5.26 Å². The molecule has 4 rings (SSSR count). The Labute approximate surface area is 188 Å². The number of thiazole rings is 1. The molecule has 0 aliphatic heterocycles. The average molecular weight is 439 g/mol. The van der Waals surface area contributed by atoms with Crippen LogP contribution in [0.4, 0.5) is 5.13 Å². The fourth-order valence-corrected chi connectivity index (χ4v) is 3.91. The van der Waals surface area contributed by atoms with E-state index in [1.165, 1.54) is 23.5 Å². The summed E-state index contributed by atoms with van der Waals surface area (Å²) in [6, 6.07) is 24.7. The maximum Gasteiger partial charge on any atom is 0.268 e. The Balaban J connectivity index is 1.74. The molecule has 4 aromatic rings. The summed E-state index contributed by atoms with van der Waals surface area (Å²) >= 11 is 1.26. The Morgan fingerprint density at radius 2 is 1.59 bits per heavy atom. The second-order valence-electron chi connectivity index (χ2n) is 6.79. The van der Waals surface area contributed by atoms with Crippen LogP contribution in [0.3, 0.4) is 0 Å². The van der Waals surface area contributed by atoms with Crippen LogP contribution in [0.25, 0.3) is 16.8 Å². The first-order chi connectivity index (χ1) is 15.6. The van der Waals surface area contributed by atoms with Crippen LogP contribution in [0.5, 0.6) is 11.5 Å². The molecule has 156 valence electrons. The third kappa shape index (κ3) is 4.36. The van der Waals surface area contributed by atoms with E-state index in [2.05, 4.69) is 10.3 Å². The lowest BCUT2D eigenvalue weighted by atomic mass is 9.92. The number of aromatic nitrogens is 1. The van der Waals surface area contributed by atoms with Gasteiger partial charge in [0.15, 0.2) is 16.6 Å².